The Morgan fingerprint density at radius 2 is 1.50 bits per heavy atom. The van der Waals surface area contributed by atoms with Crippen LogP contribution in [0.4, 0.5) is 5.69 Å². The molecule has 0 unspecified atom stereocenters. The van der Waals surface area contributed by atoms with E-state index in [1.54, 1.807) is 0 Å². The monoisotopic (exact) mass is 480 g/mol. The van der Waals surface area contributed by atoms with Crippen LogP contribution in [0.1, 0.15) is 28.3 Å². The summed E-state index contributed by atoms with van der Waals surface area (Å²) in [6.07, 6.45) is 2.15. The summed E-state index contributed by atoms with van der Waals surface area (Å²) in [7, 11) is 0. The zero-order valence-electron chi connectivity index (χ0n) is 18.2. The quantitative estimate of drug-likeness (QED) is 0.247. The molecule has 0 fully saturated rings. The Morgan fingerprint density at radius 1 is 0.719 bits per heavy atom. The highest BCUT2D eigenvalue weighted by atomic mass is 79.9. The molecule has 3 heteroatoms. The van der Waals surface area contributed by atoms with Crippen molar-refractivity contribution < 1.29 is 0 Å². The van der Waals surface area contributed by atoms with E-state index in [0.717, 1.165) is 4.47 Å². The van der Waals surface area contributed by atoms with Gasteiger partial charge in [0.2, 0.25) is 0 Å². The van der Waals surface area contributed by atoms with Crippen LogP contribution < -0.4 is 5.32 Å². The van der Waals surface area contributed by atoms with Gasteiger partial charge in [-0.3, -0.25) is 0 Å². The smallest absolute Gasteiger partial charge is 0.0788 e. The van der Waals surface area contributed by atoms with Crippen LogP contribution in [0, 0.1) is 13.8 Å². The first-order valence-electron chi connectivity index (χ1n) is 10.8. The molecule has 1 aliphatic heterocycles. The van der Waals surface area contributed by atoms with Gasteiger partial charge in [0, 0.05) is 38.4 Å². The van der Waals surface area contributed by atoms with Crippen molar-refractivity contribution in [3.8, 4) is 11.1 Å². The Bertz CT molecular complexity index is 1370. The van der Waals surface area contributed by atoms with Gasteiger partial charge in [-0.15, -0.1) is 0 Å². The number of aromatic amines is 1. The summed E-state index contributed by atoms with van der Waals surface area (Å²) in [5, 5.41) is 5.09. The molecule has 0 saturated carbocycles. The van der Waals surface area contributed by atoms with Gasteiger partial charge in [0.05, 0.1) is 6.04 Å². The number of nitrogens with one attached hydrogen (secondary N) is 2. The molecule has 1 aromatic heterocycles. The lowest BCUT2D eigenvalue weighted by molar-refractivity contribution is 0.952. The highest BCUT2D eigenvalue weighted by Gasteiger charge is 2.25. The summed E-state index contributed by atoms with van der Waals surface area (Å²) in [5.41, 5.74) is 10.1. The zero-order valence-corrected chi connectivity index (χ0v) is 19.8. The summed E-state index contributed by atoms with van der Waals surface area (Å²) in [6.45, 7) is 4.23. The number of hydrogen-bond acceptors (Lipinski definition) is 1. The molecule has 0 radical (unpaired) electrons. The molecule has 5 aromatic rings. The molecule has 0 saturated heterocycles. The molecule has 1 atom stereocenters. The first-order valence-corrected chi connectivity index (χ1v) is 11.6. The van der Waals surface area contributed by atoms with E-state index in [2.05, 4.69) is 119 Å². The molecule has 158 valence electrons. The minimum Gasteiger partial charge on any atom is -0.374 e. The van der Waals surface area contributed by atoms with Crippen molar-refractivity contribution in [3.63, 3.8) is 0 Å². The number of aryl methyl sites for hydroxylation is 2. The largest absolute Gasteiger partial charge is 0.374 e. The molecule has 6 rings (SSSR count). The summed E-state index contributed by atoms with van der Waals surface area (Å²) >= 11 is 3.54. The van der Waals surface area contributed by atoms with Gasteiger partial charge in [-0.25, -0.2) is 0 Å². The fourth-order valence-electron chi connectivity index (χ4n) is 4.36. The number of anilines is 1. The van der Waals surface area contributed by atoms with Crippen molar-refractivity contribution >= 4 is 32.5 Å². The van der Waals surface area contributed by atoms with E-state index in [1.807, 2.05) is 18.2 Å². The SMILES string of the molecule is Cc1ccc2c(c1)-c1cccc3[nH]cc(c13)[C@@H](c1ccc(Br)cc1)N2.Cc1ccccc1. The molecule has 32 heavy (non-hydrogen) atoms. The molecular formula is C29H25BrN2. The van der Waals surface area contributed by atoms with Crippen LogP contribution in [-0.2, 0) is 0 Å². The number of rotatable bonds is 1. The maximum absolute atomic E-state index is 3.78. The van der Waals surface area contributed by atoms with E-state index in [-0.39, 0.29) is 6.04 Å². The predicted octanol–water partition coefficient (Wildman–Crippen LogP) is 8.42. The number of benzene rings is 4. The number of halogens is 1. The highest BCUT2D eigenvalue weighted by Crippen LogP contribution is 2.44. The Morgan fingerprint density at radius 3 is 2.22 bits per heavy atom. The molecule has 4 aromatic carbocycles. The number of hydrogen-bond donors (Lipinski definition) is 2. The van der Waals surface area contributed by atoms with Crippen molar-refractivity contribution in [1.29, 1.82) is 0 Å². The average molecular weight is 481 g/mol. The van der Waals surface area contributed by atoms with Crippen molar-refractivity contribution in [2.24, 2.45) is 0 Å². The van der Waals surface area contributed by atoms with Gasteiger partial charge >= 0.3 is 0 Å². The molecule has 1 aliphatic rings. The fourth-order valence-corrected chi connectivity index (χ4v) is 4.62. The van der Waals surface area contributed by atoms with Crippen LogP contribution in [0.2, 0.25) is 0 Å². The molecular weight excluding hydrogens is 456 g/mol. The summed E-state index contributed by atoms with van der Waals surface area (Å²) in [5.74, 6) is 0. The van der Waals surface area contributed by atoms with E-state index in [1.165, 1.54) is 50.0 Å². The average Bonchev–Trinajstić information content (AvgIpc) is 3.18. The molecule has 0 aliphatic carbocycles. The molecule has 2 heterocycles. The fraction of sp³-hybridized carbons (Fsp3) is 0.103. The molecule has 0 amide bonds. The number of aromatic nitrogens is 1. The van der Waals surface area contributed by atoms with Gasteiger partial charge in [-0.2, -0.15) is 0 Å². The lowest BCUT2D eigenvalue weighted by Crippen LogP contribution is -2.11. The Hall–Kier alpha value is -3.30. The van der Waals surface area contributed by atoms with Crippen LogP contribution in [-0.4, -0.2) is 4.98 Å². The van der Waals surface area contributed by atoms with Gasteiger partial charge < -0.3 is 10.3 Å². The third-order valence-electron chi connectivity index (χ3n) is 5.96. The van der Waals surface area contributed by atoms with Gasteiger partial charge in [-0.1, -0.05) is 87.7 Å². The maximum atomic E-state index is 3.78. The number of H-pyrrole nitrogens is 1. The van der Waals surface area contributed by atoms with Crippen molar-refractivity contribution in [3.05, 3.63) is 124 Å². The topological polar surface area (TPSA) is 27.8 Å². The third-order valence-corrected chi connectivity index (χ3v) is 6.48. The lowest BCUT2D eigenvalue weighted by Gasteiger charge is -2.20. The lowest BCUT2D eigenvalue weighted by atomic mass is 9.95. The first kappa shape index (κ1) is 20.6. The second kappa shape index (κ2) is 8.68. The first-order chi connectivity index (χ1) is 15.6. The van der Waals surface area contributed by atoms with Crippen LogP contribution in [0.25, 0.3) is 22.0 Å². The van der Waals surface area contributed by atoms with Crippen LogP contribution in [0.5, 0.6) is 0 Å². The third kappa shape index (κ3) is 3.96. The maximum Gasteiger partial charge on any atom is 0.0788 e. The summed E-state index contributed by atoms with van der Waals surface area (Å²) < 4.78 is 1.10. The standard InChI is InChI=1S/C22H17BrN2.C7H8/c1-13-5-10-19-17(11-13)16-3-2-4-20-21(16)18(12-24-20)22(25-19)14-6-8-15(23)9-7-14;1-7-5-3-2-4-6-7/h2-12,22,24-25H,1H3;2-6H,1H3/t22-;/m1./s1. The number of fused-ring (bicyclic) bond motifs is 2. The highest BCUT2D eigenvalue weighted by molar-refractivity contribution is 9.10. The zero-order chi connectivity index (χ0) is 22.1. The molecule has 0 spiro atoms. The normalized spacial score (nSPS) is 14.0. The van der Waals surface area contributed by atoms with Crippen molar-refractivity contribution in [2.45, 2.75) is 19.9 Å². The van der Waals surface area contributed by atoms with Crippen LogP contribution in [0.15, 0.2) is 102 Å². The van der Waals surface area contributed by atoms with Crippen LogP contribution >= 0.6 is 15.9 Å². The summed E-state index contributed by atoms with van der Waals surface area (Å²) in [6, 6.07) is 32.1. The van der Waals surface area contributed by atoms with Gasteiger partial charge in [0.15, 0.2) is 0 Å². The Kier molecular flexibility index (Phi) is 5.59. The van der Waals surface area contributed by atoms with E-state index in [4.69, 9.17) is 0 Å². The van der Waals surface area contributed by atoms with Crippen molar-refractivity contribution in [1.82, 2.24) is 4.98 Å². The second-order valence-corrected chi connectivity index (χ2v) is 9.22. The Balaban J connectivity index is 0.000000265. The van der Waals surface area contributed by atoms with Crippen LogP contribution in [0.3, 0.4) is 0 Å². The van der Waals surface area contributed by atoms with Crippen molar-refractivity contribution in [2.75, 3.05) is 5.32 Å². The van der Waals surface area contributed by atoms with Gasteiger partial charge in [0.1, 0.15) is 0 Å². The predicted molar refractivity (Wildman–Crippen MR) is 139 cm³/mol. The van der Waals surface area contributed by atoms with Gasteiger partial charge in [0.25, 0.3) is 0 Å². The molecule has 0 bridgehead atoms. The van der Waals surface area contributed by atoms with E-state index >= 15 is 0 Å². The molecule has 2 N–H and O–H groups in total. The minimum atomic E-state index is 0.118. The summed E-state index contributed by atoms with van der Waals surface area (Å²) in [4.78, 5) is 3.45. The van der Waals surface area contributed by atoms with E-state index < -0.39 is 0 Å². The second-order valence-electron chi connectivity index (χ2n) is 8.30. The minimum absolute atomic E-state index is 0.118. The Labute approximate surface area is 197 Å². The van der Waals surface area contributed by atoms with E-state index in [9.17, 15) is 0 Å². The van der Waals surface area contributed by atoms with Gasteiger partial charge in [-0.05, 0) is 55.3 Å². The van der Waals surface area contributed by atoms with E-state index in [0.29, 0.717) is 0 Å². The molecule has 2 nitrogen and oxygen atoms in total.